The van der Waals surface area contributed by atoms with Crippen LogP contribution in [0.5, 0.6) is 0 Å². The van der Waals surface area contributed by atoms with Crippen LogP contribution in [0.1, 0.15) is 30.9 Å². The number of rotatable bonds is 4. The molecule has 0 fully saturated rings. The highest BCUT2D eigenvalue weighted by molar-refractivity contribution is 5.81. The van der Waals surface area contributed by atoms with Gasteiger partial charge in [-0.2, -0.15) is 0 Å². The predicted molar refractivity (Wildman–Crippen MR) is 122 cm³/mol. The van der Waals surface area contributed by atoms with Gasteiger partial charge < -0.3 is 0 Å². The van der Waals surface area contributed by atoms with Gasteiger partial charge in [0.05, 0.1) is 0 Å². The monoisotopic (exact) mass is 362 g/mol. The summed E-state index contributed by atoms with van der Waals surface area (Å²) in [6.07, 6.45) is 0. The average Bonchev–Trinajstić information content (AvgIpc) is 2.74. The van der Waals surface area contributed by atoms with Gasteiger partial charge in [0.1, 0.15) is 0 Å². The van der Waals surface area contributed by atoms with Gasteiger partial charge in [-0.15, -0.1) is 0 Å². The molecule has 28 heavy (non-hydrogen) atoms. The summed E-state index contributed by atoms with van der Waals surface area (Å²) >= 11 is 0. The summed E-state index contributed by atoms with van der Waals surface area (Å²) in [5.74, 6) is 0.549. The maximum absolute atomic E-state index is 2.31. The van der Waals surface area contributed by atoms with Crippen molar-refractivity contribution in [1.29, 1.82) is 0 Å². The zero-order valence-electron chi connectivity index (χ0n) is 16.8. The van der Waals surface area contributed by atoms with E-state index >= 15 is 0 Å². The van der Waals surface area contributed by atoms with Gasteiger partial charge in [-0.05, 0) is 70.0 Å². The summed E-state index contributed by atoms with van der Waals surface area (Å²) in [7, 11) is 0. The Bertz CT molecular complexity index is 1050. The van der Waals surface area contributed by atoms with Crippen LogP contribution >= 0.6 is 0 Å². The summed E-state index contributed by atoms with van der Waals surface area (Å²) in [6.45, 7) is 6.60. The maximum atomic E-state index is 2.31. The van der Waals surface area contributed by atoms with E-state index in [0.717, 1.165) is 0 Å². The van der Waals surface area contributed by atoms with Crippen molar-refractivity contribution in [1.82, 2.24) is 0 Å². The van der Waals surface area contributed by atoms with Crippen molar-refractivity contribution in [2.45, 2.75) is 26.7 Å². The molecule has 0 nitrogen and oxygen atoms in total. The zero-order chi connectivity index (χ0) is 19.5. The van der Waals surface area contributed by atoms with Crippen LogP contribution < -0.4 is 0 Å². The Hall–Kier alpha value is -3.12. The van der Waals surface area contributed by atoms with Gasteiger partial charge in [0.2, 0.25) is 0 Å². The van der Waals surface area contributed by atoms with E-state index in [1.807, 2.05) is 0 Å². The lowest BCUT2D eigenvalue weighted by atomic mass is 9.92. The smallest absolute Gasteiger partial charge is 0.0172 e. The lowest BCUT2D eigenvalue weighted by Crippen LogP contribution is -1.89. The highest BCUT2D eigenvalue weighted by Crippen LogP contribution is 2.33. The molecule has 0 aliphatic carbocycles. The van der Waals surface area contributed by atoms with Gasteiger partial charge in [0.25, 0.3) is 0 Å². The van der Waals surface area contributed by atoms with Gasteiger partial charge >= 0.3 is 0 Å². The van der Waals surface area contributed by atoms with E-state index in [2.05, 4.69) is 118 Å². The summed E-state index contributed by atoms with van der Waals surface area (Å²) in [4.78, 5) is 0. The van der Waals surface area contributed by atoms with Crippen molar-refractivity contribution in [2.75, 3.05) is 0 Å². The molecule has 4 aromatic rings. The quantitative estimate of drug-likeness (QED) is 0.344. The minimum absolute atomic E-state index is 0.549. The Morgan fingerprint density at radius 2 is 0.893 bits per heavy atom. The van der Waals surface area contributed by atoms with Crippen molar-refractivity contribution in [3.05, 3.63) is 108 Å². The molecule has 0 spiro atoms. The fourth-order valence-electron chi connectivity index (χ4n) is 3.56. The van der Waals surface area contributed by atoms with E-state index in [0.29, 0.717) is 5.92 Å². The Kier molecular flexibility index (Phi) is 5.12. The summed E-state index contributed by atoms with van der Waals surface area (Å²) in [5.41, 5.74) is 10.2. The van der Waals surface area contributed by atoms with Crippen LogP contribution in [0.4, 0.5) is 0 Å². The molecule has 0 aliphatic rings. The highest BCUT2D eigenvalue weighted by atomic mass is 14.1. The van der Waals surface area contributed by atoms with Crippen LogP contribution in [0.3, 0.4) is 0 Å². The first kappa shape index (κ1) is 18.3. The van der Waals surface area contributed by atoms with Crippen molar-refractivity contribution in [3.8, 4) is 33.4 Å². The number of aryl methyl sites for hydroxylation is 1. The Balaban J connectivity index is 1.85. The van der Waals surface area contributed by atoms with Crippen LogP contribution in [0.15, 0.2) is 97.1 Å². The third kappa shape index (κ3) is 3.92. The summed E-state index contributed by atoms with van der Waals surface area (Å²) in [6, 6.07) is 35.3. The second-order valence-electron chi connectivity index (χ2n) is 7.81. The van der Waals surface area contributed by atoms with Gasteiger partial charge in [-0.25, -0.2) is 0 Å². The second-order valence-corrected chi connectivity index (χ2v) is 7.81. The molecule has 0 unspecified atom stereocenters. The predicted octanol–water partition coefficient (Wildman–Crippen LogP) is 8.12. The van der Waals surface area contributed by atoms with Crippen LogP contribution in [0.25, 0.3) is 33.4 Å². The van der Waals surface area contributed by atoms with E-state index in [4.69, 9.17) is 0 Å². The lowest BCUT2D eigenvalue weighted by Gasteiger charge is -2.12. The molecule has 0 radical (unpaired) electrons. The first-order valence-corrected chi connectivity index (χ1v) is 9.98. The fourth-order valence-corrected chi connectivity index (χ4v) is 3.56. The fraction of sp³-hybridized carbons (Fsp3) is 0.143. The molecule has 0 amide bonds. The van der Waals surface area contributed by atoms with Crippen LogP contribution in [-0.2, 0) is 0 Å². The van der Waals surface area contributed by atoms with Crippen LogP contribution in [0, 0.1) is 6.92 Å². The molecule has 4 rings (SSSR count). The lowest BCUT2D eigenvalue weighted by molar-refractivity contribution is 0.867. The molecule has 0 aliphatic heterocycles. The highest BCUT2D eigenvalue weighted by Gasteiger charge is 2.08. The molecule has 0 bridgehead atoms. The van der Waals surface area contributed by atoms with Crippen molar-refractivity contribution >= 4 is 0 Å². The van der Waals surface area contributed by atoms with E-state index in [9.17, 15) is 0 Å². The standard InChI is InChI=1S/C28H26/c1-20(2)22-13-15-25(16-14-22)28-18-26(23-7-5-4-6-8-23)17-27(19-28)24-11-9-21(3)10-12-24/h4-20H,1-3H3. The molecule has 0 saturated carbocycles. The Morgan fingerprint density at radius 3 is 1.36 bits per heavy atom. The zero-order valence-corrected chi connectivity index (χ0v) is 16.8. The first-order valence-electron chi connectivity index (χ1n) is 9.98. The molecule has 0 saturated heterocycles. The average molecular weight is 363 g/mol. The first-order chi connectivity index (χ1) is 13.6. The van der Waals surface area contributed by atoms with E-state index in [1.165, 1.54) is 44.5 Å². The second kappa shape index (κ2) is 7.86. The molecule has 0 atom stereocenters. The maximum Gasteiger partial charge on any atom is -0.0172 e. The van der Waals surface area contributed by atoms with Crippen molar-refractivity contribution in [2.24, 2.45) is 0 Å². The topological polar surface area (TPSA) is 0 Å². The Morgan fingerprint density at radius 1 is 0.464 bits per heavy atom. The SMILES string of the molecule is Cc1ccc(-c2cc(-c3ccccc3)cc(-c3ccc(C(C)C)cc3)c2)cc1. The summed E-state index contributed by atoms with van der Waals surface area (Å²) < 4.78 is 0. The largest absolute Gasteiger partial charge is 0.0622 e. The van der Waals surface area contributed by atoms with E-state index in [-0.39, 0.29) is 0 Å². The van der Waals surface area contributed by atoms with Gasteiger partial charge in [-0.1, -0.05) is 98.3 Å². The number of benzene rings is 4. The minimum atomic E-state index is 0.549. The van der Waals surface area contributed by atoms with Gasteiger partial charge in [-0.3, -0.25) is 0 Å². The van der Waals surface area contributed by atoms with E-state index in [1.54, 1.807) is 0 Å². The Labute approximate surface area is 168 Å². The molecule has 4 aromatic carbocycles. The molecule has 0 heterocycles. The van der Waals surface area contributed by atoms with Crippen molar-refractivity contribution in [3.63, 3.8) is 0 Å². The molecule has 0 heteroatoms. The number of hydrogen-bond donors (Lipinski definition) is 0. The normalized spacial score (nSPS) is 11.0. The minimum Gasteiger partial charge on any atom is -0.0622 e. The molecule has 0 aromatic heterocycles. The van der Waals surface area contributed by atoms with Gasteiger partial charge in [0, 0.05) is 0 Å². The van der Waals surface area contributed by atoms with E-state index < -0.39 is 0 Å². The molecular weight excluding hydrogens is 336 g/mol. The third-order valence-electron chi connectivity index (χ3n) is 5.34. The van der Waals surface area contributed by atoms with Crippen LogP contribution in [0.2, 0.25) is 0 Å². The molecule has 138 valence electrons. The number of hydrogen-bond acceptors (Lipinski definition) is 0. The third-order valence-corrected chi connectivity index (χ3v) is 5.34. The summed E-state index contributed by atoms with van der Waals surface area (Å²) in [5, 5.41) is 0. The molecular formula is C28H26. The van der Waals surface area contributed by atoms with Gasteiger partial charge in [0.15, 0.2) is 0 Å². The van der Waals surface area contributed by atoms with Crippen molar-refractivity contribution < 1.29 is 0 Å². The molecule has 0 N–H and O–H groups in total. The van der Waals surface area contributed by atoms with Crippen LogP contribution in [-0.4, -0.2) is 0 Å².